The Bertz CT molecular complexity index is 426. The van der Waals surface area contributed by atoms with Crippen molar-refractivity contribution in [3.8, 4) is 0 Å². The van der Waals surface area contributed by atoms with Crippen LogP contribution in [0.25, 0.3) is 0 Å². The number of aromatic nitrogens is 1. The number of amides is 1. The van der Waals surface area contributed by atoms with Crippen LogP contribution in [0.2, 0.25) is 0 Å². The van der Waals surface area contributed by atoms with Crippen LogP contribution in [0.1, 0.15) is 23.8 Å². The minimum absolute atomic E-state index is 0.141. The molecule has 6 nitrogen and oxygen atoms in total. The van der Waals surface area contributed by atoms with Gasteiger partial charge in [0.1, 0.15) is 5.69 Å². The second-order valence-corrected chi connectivity index (χ2v) is 3.92. The molecule has 0 saturated heterocycles. The molecule has 17 heavy (non-hydrogen) atoms. The van der Waals surface area contributed by atoms with Gasteiger partial charge >= 0.3 is 5.97 Å². The van der Waals surface area contributed by atoms with Crippen molar-refractivity contribution in [2.24, 2.45) is 7.05 Å². The van der Waals surface area contributed by atoms with E-state index in [0.717, 1.165) is 0 Å². The predicted octanol–water partition coefficient (Wildman–Crippen LogP) is 0.289. The topological polar surface area (TPSA) is 86.3 Å². The maximum atomic E-state index is 11.8. The van der Waals surface area contributed by atoms with Gasteiger partial charge in [-0.3, -0.25) is 9.59 Å². The highest BCUT2D eigenvalue weighted by Gasteiger charge is 2.15. The summed E-state index contributed by atoms with van der Waals surface area (Å²) in [5.74, 6) is -0.621. The average molecular weight is 239 g/mol. The van der Waals surface area contributed by atoms with Crippen LogP contribution in [0.5, 0.6) is 0 Å². The minimum Gasteiger partial charge on any atom is -0.469 e. The summed E-state index contributed by atoms with van der Waals surface area (Å²) in [5, 5.41) is 2.70. The first kappa shape index (κ1) is 13.1. The summed E-state index contributed by atoms with van der Waals surface area (Å²) in [4.78, 5) is 22.8. The Morgan fingerprint density at radius 2 is 2.24 bits per heavy atom. The van der Waals surface area contributed by atoms with E-state index in [1.807, 2.05) is 0 Å². The first-order valence-corrected chi connectivity index (χ1v) is 5.23. The van der Waals surface area contributed by atoms with Gasteiger partial charge in [-0.15, -0.1) is 0 Å². The molecule has 0 aliphatic rings. The molecule has 1 amide bonds. The SMILES string of the molecule is COC(=O)CC(C)NC(=O)c1cc(N)cn1C. The number of aryl methyl sites for hydroxylation is 1. The quantitative estimate of drug-likeness (QED) is 0.739. The van der Waals surface area contributed by atoms with E-state index >= 15 is 0 Å². The van der Waals surface area contributed by atoms with Gasteiger partial charge in [0.05, 0.1) is 19.2 Å². The van der Waals surface area contributed by atoms with Gasteiger partial charge in [0, 0.05) is 19.3 Å². The lowest BCUT2D eigenvalue weighted by Crippen LogP contribution is -2.35. The fourth-order valence-corrected chi connectivity index (χ4v) is 1.50. The third kappa shape index (κ3) is 3.51. The Hall–Kier alpha value is -1.98. The number of carbonyl (C=O) groups excluding carboxylic acids is 2. The van der Waals surface area contributed by atoms with Gasteiger partial charge in [0.25, 0.3) is 5.91 Å². The molecule has 0 aromatic carbocycles. The summed E-state index contributed by atoms with van der Waals surface area (Å²) in [6, 6.07) is 1.30. The number of nitrogens with one attached hydrogen (secondary N) is 1. The number of carbonyl (C=O) groups is 2. The smallest absolute Gasteiger partial charge is 0.307 e. The molecule has 0 aliphatic carbocycles. The Morgan fingerprint density at radius 1 is 1.59 bits per heavy atom. The molecule has 0 radical (unpaired) electrons. The lowest BCUT2D eigenvalue weighted by Gasteiger charge is -2.12. The standard InChI is InChI=1S/C11H17N3O3/c1-7(4-10(15)17-3)13-11(16)9-5-8(12)6-14(9)2/h5-7H,4,12H2,1-3H3,(H,13,16). The maximum Gasteiger partial charge on any atom is 0.307 e. The predicted molar refractivity (Wildman–Crippen MR) is 63.4 cm³/mol. The molecule has 3 N–H and O–H groups in total. The largest absolute Gasteiger partial charge is 0.469 e. The summed E-state index contributed by atoms with van der Waals surface area (Å²) in [6.45, 7) is 1.74. The zero-order valence-corrected chi connectivity index (χ0v) is 10.2. The molecule has 0 spiro atoms. The van der Waals surface area contributed by atoms with Gasteiger partial charge in [0.15, 0.2) is 0 Å². The van der Waals surface area contributed by atoms with Crippen LogP contribution in [-0.2, 0) is 16.6 Å². The number of esters is 1. The lowest BCUT2D eigenvalue weighted by atomic mass is 10.2. The van der Waals surface area contributed by atoms with Crippen molar-refractivity contribution in [3.63, 3.8) is 0 Å². The van der Waals surface area contributed by atoms with Crippen molar-refractivity contribution in [2.45, 2.75) is 19.4 Å². The van der Waals surface area contributed by atoms with Crippen molar-refractivity contribution < 1.29 is 14.3 Å². The molecular weight excluding hydrogens is 222 g/mol. The van der Waals surface area contributed by atoms with E-state index in [9.17, 15) is 9.59 Å². The number of rotatable bonds is 4. The number of nitrogens with two attached hydrogens (primary N) is 1. The third-order valence-corrected chi connectivity index (χ3v) is 2.34. The van der Waals surface area contributed by atoms with Crippen LogP contribution >= 0.6 is 0 Å². The second kappa shape index (κ2) is 5.38. The van der Waals surface area contributed by atoms with Crippen LogP contribution in [0.4, 0.5) is 5.69 Å². The number of anilines is 1. The van der Waals surface area contributed by atoms with E-state index in [-0.39, 0.29) is 24.3 Å². The van der Waals surface area contributed by atoms with Crippen LogP contribution in [0, 0.1) is 0 Å². The number of hydrogen-bond donors (Lipinski definition) is 2. The first-order chi connectivity index (χ1) is 7.93. The van der Waals surface area contributed by atoms with Crippen molar-refractivity contribution in [2.75, 3.05) is 12.8 Å². The van der Waals surface area contributed by atoms with Gasteiger partial charge in [-0.25, -0.2) is 0 Å². The highest BCUT2D eigenvalue weighted by molar-refractivity contribution is 5.94. The summed E-state index contributed by atoms with van der Waals surface area (Å²) in [5.41, 5.74) is 6.56. The van der Waals surface area contributed by atoms with E-state index in [0.29, 0.717) is 11.4 Å². The second-order valence-electron chi connectivity index (χ2n) is 3.92. The van der Waals surface area contributed by atoms with E-state index in [2.05, 4.69) is 10.1 Å². The van der Waals surface area contributed by atoms with Crippen molar-refractivity contribution in [1.29, 1.82) is 0 Å². The molecular formula is C11H17N3O3. The monoisotopic (exact) mass is 239 g/mol. The molecule has 6 heteroatoms. The molecule has 1 heterocycles. The van der Waals surface area contributed by atoms with E-state index < -0.39 is 0 Å². The highest BCUT2D eigenvalue weighted by atomic mass is 16.5. The van der Waals surface area contributed by atoms with Crippen molar-refractivity contribution in [3.05, 3.63) is 18.0 Å². The van der Waals surface area contributed by atoms with E-state index in [4.69, 9.17) is 5.73 Å². The summed E-state index contributed by atoms with van der Waals surface area (Å²) >= 11 is 0. The van der Waals surface area contributed by atoms with Crippen molar-refractivity contribution in [1.82, 2.24) is 9.88 Å². The van der Waals surface area contributed by atoms with Crippen LogP contribution in [0.3, 0.4) is 0 Å². The van der Waals surface area contributed by atoms with Gasteiger partial charge < -0.3 is 20.4 Å². The zero-order chi connectivity index (χ0) is 13.0. The normalized spacial score (nSPS) is 11.9. The van der Waals surface area contributed by atoms with E-state index in [1.54, 1.807) is 30.8 Å². The molecule has 0 fully saturated rings. The molecule has 1 atom stereocenters. The number of nitrogen functional groups attached to an aromatic ring is 1. The zero-order valence-electron chi connectivity index (χ0n) is 10.2. The Labute approximate surface area is 99.7 Å². The number of nitrogens with zero attached hydrogens (tertiary/aromatic N) is 1. The average Bonchev–Trinajstić information content (AvgIpc) is 2.57. The molecule has 0 saturated carbocycles. The number of methoxy groups -OCH3 is 1. The number of ether oxygens (including phenoxy) is 1. The lowest BCUT2D eigenvalue weighted by molar-refractivity contribution is -0.141. The third-order valence-electron chi connectivity index (χ3n) is 2.34. The first-order valence-electron chi connectivity index (χ1n) is 5.23. The van der Waals surface area contributed by atoms with Gasteiger partial charge in [-0.05, 0) is 13.0 Å². The minimum atomic E-state index is -0.357. The fraction of sp³-hybridized carbons (Fsp3) is 0.455. The van der Waals surface area contributed by atoms with Gasteiger partial charge in [0.2, 0.25) is 0 Å². The molecule has 0 bridgehead atoms. The highest BCUT2D eigenvalue weighted by Crippen LogP contribution is 2.08. The molecule has 1 aromatic rings. The molecule has 0 aliphatic heterocycles. The summed E-state index contributed by atoms with van der Waals surface area (Å²) < 4.78 is 6.15. The van der Waals surface area contributed by atoms with Crippen LogP contribution in [-0.4, -0.2) is 29.6 Å². The number of hydrogen-bond acceptors (Lipinski definition) is 4. The Balaban J connectivity index is 2.60. The summed E-state index contributed by atoms with van der Waals surface area (Å²) in [6.07, 6.45) is 1.79. The van der Waals surface area contributed by atoms with Crippen LogP contribution < -0.4 is 11.1 Å². The molecule has 1 aromatic heterocycles. The van der Waals surface area contributed by atoms with Gasteiger partial charge in [-0.1, -0.05) is 0 Å². The summed E-state index contributed by atoms with van der Waals surface area (Å²) in [7, 11) is 3.05. The Kier molecular flexibility index (Phi) is 4.14. The maximum absolute atomic E-state index is 11.8. The van der Waals surface area contributed by atoms with E-state index in [1.165, 1.54) is 7.11 Å². The molecule has 94 valence electrons. The van der Waals surface area contributed by atoms with Crippen LogP contribution in [0.15, 0.2) is 12.3 Å². The fourth-order valence-electron chi connectivity index (χ4n) is 1.50. The molecule has 1 rings (SSSR count). The van der Waals surface area contributed by atoms with Gasteiger partial charge in [-0.2, -0.15) is 0 Å². The van der Waals surface area contributed by atoms with Crippen molar-refractivity contribution >= 4 is 17.6 Å². The Morgan fingerprint density at radius 3 is 2.71 bits per heavy atom. The molecule has 1 unspecified atom stereocenters.